The van der Waals surface area contributed by atoms with Crippen molar-refractivity contribution in [3.63, 3.8) is 0 Å². The van der Waals surface area contributed by atoms with Crippen LogP contribution in [0.2, 0.25) is 0 Å². The molecule has 132 valence electrons. The SMILES string of the molecule is Cc1cccc(COCc2nn(C(C)(C)C)c3ncnc(N)c23)c1C. The fourth-order valence-electron chi connectivity index (χ4n) is 2.84. The summed E-state index contributed by atoms with van der Waals surface area (Å²) in [5.41, 5.74) is 11.1. The second-order valence-corrected chi connectivity index (χ2v) is 7.34. The van der Waals surface area contributed by atoms with E-state index in [1.165, 1.54) is 23.0 Å². The predicted molar refractivity (Wildman–Crippen MR) is 99.1 cm³/mol. The van der Waals surface area contributed by atoms with E-state index >= 15 is 0 Å². The Morgan fingerprint density at radius 3 is 2.60 bits per heavy atom. The molecule has 2 aromatic heterocycles. The average Bonchev–Trinajstić information content (AvgIpc) is 2.92. The lowest BCUT2D eigenvalue weighted by Crippen LogP contribution is -2.23. The van der Waals surface area contributed by atoms with Gasteiger partial charge in [-0.05, 0) is 51.3 Å². The molecule has 0 spiro atoms. The maximum absolute atomic E-state index is 6.08. The summed E-state index contributed by atoms with van der Waals surface area (Å²) < 4.78 is 7.83. The maximum Gasteiger partial charge on any atom is 0.164 e. The van der Waals surface area contributed by atoms with Crippen molar-refractivity contribution < 1.29 is 4.74 Å². The van der Waals surface area contributed by atoms with Crippen molar-refractivity contribution >= 4 is 16.9 Å². The highest BCUT2D eigenvalue weighted by Crippen LogP contribution is 2.27. The minimum atomic E-state index is -0.204. The molecule has 0 aliphatic carbocycles. The summed E-state index contributed by atoms with van der Waals surface area (Å²) >= 11 is 0. The minimum Gasteiger partial charge on any atom is -0.383 e. The number of benzene rings is 1. The van der Waals surface area contributed by atoms with Gasteiger partial charge in [-0.25, -0.2) is 14.6 Å². The van der Waals surface area contributed by atoms with E-state index in [9.17, 15) is 0 Å². The van der Waals surface area contributed by atoms with E-state index in [0.717, 1.165) is 16.7 Å². The standard InChI is InChI=1S/C19H25N5O/c1-12-7-6-8-14(13(12)2)9-25-10-15-16-17(20)21-11-22-18(16)24(23-15)19(3,4)5/h6-8,11H,9-10H2,1-5H3,(H2,20,21,22). The molecule has 3 rings (SSSR count). The molecule has 2 heterocycles. The molecule has 25 heavy (non-hydrogen) atoms. The van der Waals surface area contributed by atoms with Crippen LogP contribution < -0.4 is 5.73 Å². The molecule has 0 unspecified atom stereocenters. The van der Waals surface area contributed by atoms with Crippen molar-refractivity contribution in [2.24, 2.45) is 0 Å². The molecule has 0 fully saturated rings. The number of aromatic nitrogens is 4. The third-order valence-electron chi connectivity index (χ3n) is 4.42. The summed E-state index contributed by atoms with van der Waals surface area (Å²) in [5, 5.41) is 5.48. The lowest BCUT2D eigenvalue weighted by atomic mass is 10.0. The zero-order valence-electron chi connectivity index (χ0n) is 15.5. The van der Waals surface area contributed by atoms with Gasteiger partial charge in [0, 0.05) is 0 Å². The zero-order chi connectivity index (χ0) is 18.2. The topological polar surface area (TPSA) is 78.8 Å². The highest BCUT2D eigenvalue weighted by molar-refractivity contribution is 5.88. The maximum atomic E-state index is 6.08. The molecule has 1 aromatic carbocycles. The monoisotopic (exact) mass is 339 g/mol. The number of rotatable bonds is 4. The van der Waals surface area contributed by atoms with Gasteiger partial charge in [0.25, 0.3) is 0 Å². The largest absolute Gasteiger partial charge is 0.383 e. The van der Waals surface area contributed by atoms with Gasteiger partial charge >= 0.3 is 0 Å². The Hall–Kier alpha value is -2.47. The van der Waals surface area contributed by atoms with E-state index in [-0.39, 0.29) is 5.54 Å². The number of nitrogens with zero attached hydrogens (tertiary/aromatic N) is 4. The Bertz CT molecular complexity index is 908. The lowest BCUT2D eigenvalue weighted by Gasteiger charge is -2.19. The molecule has 0 saturated carbocycles. The van der Waals surface area contributed by atoms with Gasteiger partial charge in [0.15, 0.2) is 5.65 Å². The van der Waals surface area contributed by atoms with Crippen LogP contribution in [0.4, 0.5) is 5.82 Å². The highest BCUT2D eigenvalue weighted by Gasteiger charge is 2.23. The predicted octanol–water partition coefficient (Wildman–Crippen LogP) is 3.50. The summed E-state index contributed by atoms with van der Waals surface area (Å²) in [5.74, 6) is 0.436. The Kier molecular flexibility index (Phi) is 4.47. The molecule has 6 nitrogen and oxygen atoms in total. The van der Waals surface area contributed by atoms with Gasteiger partial charge in [0.05, 0.1) is 24.1 Å². The Labute approximate surface area is 148 Å². The number of fused-ring (bicyclic) bond motifs is 1. The van der Waals surface area contributed by atoms with Gasteiger partial charge in [0.1, 0.15) is 17.8 Å². The number of aryl methyl sites for hydroxylation is 1. The van der Waals surface area contributed by atoms with Crippen LogP contribution in [-0.2, 0) is 23.5 Å². The molecule has 0 atom stereocenters. The van der Waals surface area contributed by atoms with Crippen LogP contribution in [0.15, 0.2) is 24.5 Å². The van der Waals surface area contributed by atoms with Crippen molar-refractivity contribution in [2.75, 3.05) is 5.73 Å². The molecule has 6 heteroatoms. The first kappa shape index (κ1) is 17.4. The van der Waals surface area contributed by atoms with E-state index in [0.29, 0.717) is 19.0 Å². The number of ether oxygens (including phenoxy) is 1. The van der Waals surface area contributed by atoms with Gasteiger partial charge in [-0.15, -0.1) is 0 Å². The molecule has 0 aliphatic rings. The van der Waals surface area contributed by atoms with Crippen LogP contribution in [0.5, 0.6) is 0 Å². The van der Waals surface area contributed by atoms with Gasteiger partial charge in [0.2, 0.25) is 0 Å². The van der Waals surface area contributed by atoms with Crippen molar-refractivity contribution in [2.45, 2.75) is 53.4 Å². The fourth-order valence-corrected chi connectivity index (χ4v) is 2.84. The van der Waals surface area contributed by atoms with Crippen LogP contribution in [0, 0.1) is 13.8 Å². The van der Waals surface area contributed by atoms with Crippen LogP contribution >= 0.6 is 0 Å². The molecule has 2 N–H and O–H groups in total. The Morgan fingerprint density at radius 2 is 1.88 bits per heavy atom. The normalized spacial score (nSPS) is 12.0. The minimum absolute atomic E-state index is 0.204. The second-order valence-electron chi connectivity index (χ2n) is 7.34. The first-order valence-corrected chi connectivity index (χ1v) is 8.40. The number of hydrogen-bond donors (Lipinski definition) is 1. The molecule has 3 aromatic rings. The fraction of sp³-hybridized carbons (Fsp3) is 0.421. The molecule has 0 aliphatic heterocycles. The molecule has 0 radical (unpaired) electrons. The number of anilines is 1. The zero-order valence-corrected chi connectivity index (χ0v) is 15.5. The Balaban J connectivity index is 1.88. The number of nitrogens with two attached hydrogens (primary N) is 1. The third-order valence-corrected chi connectivity index (χ3v) is 4.42. The smallest absolute Gasteiger partial charge is 0.164 e. The van der Waals surface area contributed by atoms with Crippen molar-refractivity contribution in [1.29, 1.82) is 0 Å². The van der Waals surface area contributed by atoms with E-state index in [1.54, 1.807) is 0 Å². The Morgan fingerprint density at radius 1 is 1.12 bits per heavy atom. The summed E-state index contributed by atoms with van der Waals surface area (Å²) in [6.07, 6.45) is 1.47. The second kappa shape index (κ2) is 6.44. The van der Waals surface area contributed by atoms with Crippen LogP contribution in [0.3, 0.4) is 0 Å². The van der Waals surface area contributed by atoms with E-state index in [2.05, 4.69) is 62.8 Å². The highest BCUT2D eigenvalue weighted by atomic mass is 16.5. The number of nitrogen functional groups attached to an aromatic ring is 1. The molecule has 0 amide bonds. The van der Waals surface area contributed by atoms with Gasteiger partial charge < -0.3 is 10.5 Å². The van der Waals surface area contributed by atoms with E-state index < -0.39 is 0 Å². The average molecular weight is 339 g/mol. The van der Waals surface area contributed by atoms with Crippen LogP contribution in [0.1, 0.15) is 43.2 Å². The van der Waals surface area contributed by atoms with Crippen LogP contribution in [0.25, 0.3) is 11.0 Å². The lowest BCUT2D eigenvalue weighted by molar-refractivity contribution is 0.104. The van der Waals surface area contributed by atoms with Gasteiger partial charge in [-0.2, -0.15) is 5.10 Å². The van der Waals surface area contributed by atoms with Crippen LogP contribution in [-0.4, -0.2) is 19.7 Å². The van der Waals surface area contributed by atoms with Gasteiger partial charge in [-0.1, -0.05) is 18.2 Å². The molecular weight excluding hydrogens is 314 g/mol. The molecule has 0 bridgehead atoms. The first-order valence-electron chi connectivity index (χ1n) is 8.40. The first-order chi connectivity index (χ1) is 11.8. The van der Waals surface area contributed by atoms with E-state index in [1.807, 2.05) is 4.68 Å². The van der Waals surface area contributed by atoms with Crippen molar-refractivity contribution in [3.8, 4) is 0 Å². The quantitative estimate of drug-likeness (QED) is 0.787. The molecule has 0 saturated heterocycles. The van der Waals surface area contributed by atoms with Crippen molar-refractivity contribution in [1.82, 2.24) is 19.7 Å². The number of hydrogen-bond acceptors (Lipinski definition) is 5. The summed E-state index contributed by atoms with van der Waals surface area (Å²) in [4.78, 5) is 8.49. The summed E-state index contributed by atoms with van der Waals surface area (Å²) in [6, 6.07) is 6.25. The molecular formula is C19H25N5O. The summed E-state index contributed by atoms with van der Waals surface area (Å²) in [7, 11) is 0. The summed E-state index contributed by atoms with van der Waals surface area (Å²) in [6.45, 7) is 11.4. The third kappa shape index (κ3) is 3.35. The van der Waals surface area contributed by atoms with Gasteiger partial charge in [-0.3, -0.25) is 0 Å². The van der Waals surface area contributed by atoms with Crippen molar-refractivity contribution in [3.05, 3.63) is 46.9 Å². The van der Waals surface area contributed by atoms with E-state index in [4.69, 9.17) is 15.6 Å².